The zero-order valence-corrected chi connectivity index (χ0v) is 12.3. The Kier molecular flexibility index (Phi) is 4.42. The van der Waals surface area contributed by atoms with Gasteiger partial charge in [0, 0.05) is 33.3 Å². The SMILES string of the molecule is CN(C)C(=O)c1ccc(N)c(N(C)CC(C)(C)O)c1. The van der Waals surface area contributed by atoms with E-state index in [1.807, 2.05) is 11.9 Å². The molecule has 0 aromatic heterocycles. The Morgan fingerprint density at radius 1 is 1.32 bits per heavy atom. The lowest BCUT2D eigenvalue weighted by molar-refractivity contribution is 0.0827. The van der Waals surface area contributed by atoms with E-state index in [9.17, 15) is 9.90 Å². The standard InChI is InChI=1S/C14H23N3O2/c1-14(2,19)9-17(5)12-8-10(6-7-11(12)15)13(18)16(3)4/h6-8,19H,9,15H2,1-5H3. The number of rotatable bonds is 4. The number of amides is 1. The van der Waals surface area contributed by atoms with Gasteiger partial charge in [0.1, 0.15) is 0 Å². The lowest BCUT2D eigenvalue weighted by atomic mass is 10.1. The summed E-state index contributed by atoms with van der Waals surface area (Å²) in [5.41, 5.74) is 7.02. The second kappa shape index (κ2) is 5.48. The molecule has 0 unspecified atom stereocenters. The van der Waals surface area contributed by atoms with Crippen molar-refractivity contribution in [2.45, 2.75) is 19.4 Å². The average molecular weight is 265 g/mol. The molecule has 106 valence electrons. The molecule has 1 amide bonds. The molecule has 0 atom stereocenters. The van der Waals surface area contributed by atoms with Gasteiger partial charge in [-0.2, -0.15) is 0 Å². The first-order chi connectivity index (χ1) is 8.61. The predicted molar refractivity (Wildman–Crippen MR) is 78.4 cm³/mol. The van der Waals surface area contributed by atoms with Crippen molar-refractivity contribution in [1.82, 2.24) is 4.90 Å². The fraction of sp³-hybridized carbons (Fsp3) is 0.500. The summed E-state index contributed by atoms with van der Waals surface area (Å²) in [6, 6.07) is 5.18. The summed E-state index contributed by atoms with van der Waals surface area (Å²) in [6.45, 7) is 3.89. The molecular formula is C14H23N3O2. The van der Waals surface area contributed by atoms with E-state index in [2.05, 4.69) is 0 Å². The second-order valence-corrected chi connectivity index (χ2v) is 5.64. The summed E-state index contributed by atoms with van der Waals surface area (Å²) in [6.07, 6.45) is 0. The lowest BCUT2D eigenvalue weighted by Crippen LogP contribution is -2.36. The van der Waals surface area contributed by atoms with E-state index < -0.39 is 5.60 Å². The minimum Gasteiger partial charge on any atom is -0.397 e. The Balaban J connectivity index is 3.07. The van der Waals surface area contributed by atoms with Crippen molar-refractivity contribution in [2.24, 2.45) is 0 Å². The molecule has 5 nitrogen and oxygen atoms in total. The van der Waals surface area contributed by atoms with Gasteiger partial charge < -0.3 is 20.6 Å². The van der Waals surface area contributed by atoms with E-state index in [4.69, 9.17) is 5.73 Å². The van der Waals surface area contributed by atoms with Crippen LogP contribution in [-0.2, 0) is 0 Å². The smallest absolute Gasteiger partial charge is 0.253 e. The summed E-state index contributed by atoms with van der Waals surface area (Å²) in [7, 11) is 5.26. The third-order valence-electron chi connectivity index (χ3n) is 2.72. The quantitative estimate of drug-likeness (QED) is 0.802. The fourth-order valence-electron chi connectivity index (χ4n) is 1.93. The molecule has 0 radical (unpaired) electrons. The van der Waals surface area contributed by atoms with Gasteiger partial charge in [0.15, 0.2) is 0 Å². The molecule has 0 spiro atoms. The molecule has 0 saturated carbocycles. The van der Waals surface area contributed by atoms with Gasteiger partial charge in [0.05, 0.1) is 17.0 Å². The molecule has 0 saturated heterocycles. The molecule has 0 aliphatic heterocycles. The zero-order chi connectivity index (χ0) is 14.8. The third-order valence-corrected chi connectivity index (χ3v) is 2.72. The highest BCUT2D eigenvalue weighted by atomic mass is 16.3. The van der Waals surface area contributed by atoms with Crippen LogP contribution < -0.4 is 10.6 Å². The summed E-state index contributed by atoms with van der Waals surface area (Å²) >= 11 is 0. The summed E-state index contributed by atoms with van der Waals surface area (Å²) in [5, 5.41) is 9.85. The number of carbonyl (C=O) groups excluding carboxylic acids is 1. The monoisotopic (exact) mass is 265 g/mol. The maximum atomic E-state index is 11.9. The highest BCUT2D eigenvalue weighted by molar-refractivity contribution is 5.96. The van der Waals surface area contributed by atoms with Crippen LogP contribution in [0.25, 0.3) is 0 Å². The molecule has 1 rings (SSSR count). The molecule has 1 aromatic rings. The molecule has 0 aliphatic carbocycles. The van der Waals surface area contributed by atoms with Gasteiger partial charge in [0.2, 0.25) is 0 Å². The van der Waals surface area contributed by atoms with Gasteiger partial charge in [-0.1, -0.05) is 0 Å². The number of aliphatic hydroxyl groups is 1. The molecule has 3 N–H and O–H groups in total. The maximum absolute atomic E-state index is 11.9. The second-order valence-electron chi connectivity index (χ2n) is 5.64. The van der Waals surface area contributed by atoms with E-state index in [0.717, 1.165) is 5.69 Å². The van der Waals surface area contributed by atoms with E-state index >= 15 is 0 Å². The summed E-state index contributed by atoms with van der Waals surface area (Å²) < 4.78 is 0. The molecule has 5 heteroatoms. The van der Waals surface area contributed by atoms with Crippen molar-refractivity contribution < 1.29 is 9.90 Å². The first kappa shape index (κ1) is 15.3. The number of hydrogen-bond donors (Lipinski definition) is 2. The van der Waals surface area contributed by atoms with Crippen LogP contribution in [0.4, 0.5) is 11.4 Å². The van der Waals surface area contributed by atoms with Gasteiger partial charge in [-0.15, -0.1) is 0 Å². The Morgan fingerprint density at radius 2 is 1.89 bits per heavy atom. The number of nitrogen functional groups attached to an aromatic ring is 1. The van der Waals surface area contributed by atoms with Crippen molar-refractivity contribution in [3.63, 3.8) is 0 Å². The Hall–Kier alpha value is -1.75. The Labute approximate surface area is 114 Å². The normalized spacial score (nSPS) is 11.3. The molecule has 0 heterocycles. The fourth-order valence-corrected chi connectivity index (χ4v) is 1.93. The predicted octanol–water partition coefficient (Wildman–Crippen LogP) is 1.18. The number of likely N-dealkylation sites (N-methyl/N-ethyl adjacent to an activating group) is 1. The van der Waals surface area contributed by atoms with Gasteiger partial charge in [-0.3, -0.25) is 4.79 Å². The number of hydrogen-bond acceptors (Lipinski definition) is 4. The Morgan fingerprint density at radius 3 is 2.37 bits per heavy atom. The molecule has 1 aromatic carbocycles. The van der Waals surface area contributed by atoms with Crippen LogP contribution in [0.1, 0.15) is 24.2 Å². The van der Waals surface area contributed by atoms with Crippen LogP contribution in [0, 0.1) is 0 Å². The summed E-state index contributed by atoms with van der Waals surface area (Å²) in [5.74, 6) is -0.0714. The van der Waals surface area contributed by atoms with Crippen molar-refractivity contribution in [1.29, 1.82) is 0 Å². The number of anilines is 2. The van der Waals surface area contributed by atoms with Crippen LogP contribution in [0.3, 0.4) is 0 Å². The topological polar surface area (TPSA) is 69.8 Å². The van der Waals surface area contributed by atoms with Crippen LogP contribution in [0.2, 0.25) is 0 Å². The molecule has 0 aliphatic rings. The van der Waals surface area contributed by atoms with Crippen LogP contribution in [0.5, 0.6) is 0 Å². The minimum atomic E-state index is -0.831. The van der Waals surface area contributed by atoms with E-state index in [-0.39, 0.29) is 5.91 Å². The molecule has 19 heavy (non-hydrogen) atoms. The largest absolute Gasteiger partial charge is 0.397 e. The average Bonchev–Trinajstić information content (AvgIpc) is 2.26. The van der Waals surface area contributed by atoms with Crippen LogP contribution in [-0.4, -0.2) is 49.2 Å². The highest BCUT2D eigenvalue weighted by Crippen LogP contribution is 2.25. The molecular weight excluding hydrogens is 242 g/mol. The lowest BCUT2D eigenvalue weighted by Gasteiger charge is -2.28. The number of nitrogens with zero attached hydrogens (tertiary/aromatic N) is 2. The third kappa shape index (κ3) is 4.13. The van der Waals surface area contributed by atoms with Gasteiger partial charge >= 0.3 is 0 Å². The summed E-state index contributed by atoms with van der Waals surface area (Å²) in [4.78, 5) is 15.3. The van der Waals surface area contributed by atoms with Crippen molar-refractivity contribution >= 4 is 17.3 Å². The first-order valence-electron chi connectivity index (χ1n) is 6.16. The van der Waals surface area contributed by atoms with E-state index in [1.165, 1.54) is 4.90 Å². The highest BCUT2D eigenvalue weighted by Gasteiger charge is 2.18. The number of benzene rings is 1. The van der Waals surface area contributed by atoms with Gasteiger partial charge in [0.25, 0.3) is 5.91 Å². The number of carbonyl (C=O) groups is 1. The van der Waals surface area contributed by atoms with E-state index in [0.29, 0.717) is 17.8 Å². The number of nitrogens with two attached hydrogens (primary N) is 1. The zero-order valence-electron chi connectivity index (χ0n) is 12.3. The van der Waals surface area contributed by atoms with Crippen molar-refractivity contribution in [2.75, 3.05) is 38.3 Å². The van der Waals surface area contributed by atoms with Crippen LogP contribution >= 0.6 is 0 Å². The minimum absolute atomic E-state index is 0.0714. The molecule has 0 bridgehead atoms. The van der Waals surface area contributed by atoms with Crippen molar-refractivity contribution in [3.05, 3.63) is 23.8 Å². The molecule has 0 fully saturated rings. The van der Waals surface area contributed by atoms with E-state index in [1.54, 1.807) is 46.1 Å². The van der Waals surface area contributed by atoms with Crippen LogP contribution in [0.15, 0.2) is 18.2 Å². The van der Waals surface area contributed by atoms with Gasteiger partial charge in [-0.05, 0) is 32.0 Å². The van der Waals surface area contributed by atoms with Crippen molar-refractivity contribution in [3.8, 4) is 0 Å². The maximum Gasteiger partial charge on any atom is 0.253 e. The Bertz CT molecular complexity index is 464. The first-order valence-corrected chi connectivity index (χ1v) is 6.16. The van der Waals surface area contributed by atoms with Gasteiger partial charge in [-0.25, -0.2) is 0 Å².